The summed E-state index contributed by atoms with van der Waals surface area (Å²) in [6.07, 6.45) is 1.19. The molecular formula is C10H11ClN2O2S. The Hall–Kier alpha value is -1.07. The van der Waals surface area contributed by atoms with E-state index in [1.807, 2.05) is 6.07 Å². The molecule has 0 fully saturated rings. The van der Waals surface area contributed by atoms with Crippen LogP contribution in [0.15, 0.2) is 18.2 Å². The van der Waals surface area contributed by atoms with Gasteiger partial charge in [-0.2, -0.15) is 0 Å². The fraction of sp³-hybridized carbons (Fsp3) is 0.300. The van der Waals surface area contributed by atoms with E-state index >= 15 is 0 Å². The first kappa shape index (κ1) is 11.4. The molecule has 0 aliphatic heterocycles. The molecule has 0 saturated heterocycles. The van der Waals surface area contributed by atoms with Gasteiger partial charge in [0.05, 0.1) is 10.5 Å². The van der Waals surface area contributed by atoms with Crippen molar-refractivity contribution < 1.29 is 8.42 Å². The van der Waals surface area contributed by atoms with Gasteiger partial charge < -0.3 is 4.98 Å². The van der Waals surface area contributed by atoms with Crippen molar-refractivity contribution in [3.63, 3.8) is 0 Å². The van der Waals surface area contributed by atoms with Gasteiger partial charge in [0.2, 0.25) is 0 Å². The number of nitrogens with one attached hydrogen (secondary N) is 1. The Morgan fingerprint density at radius 1 is 1.44 bits per heavy atom. The molecule has 16 heavy (non-hydrogen) atoms. The highest BCUT2D eigenvalue weighted by Crippen LogP contribution is 2.25. The first-order chi connectivity index (χ1) is 7.39. The number of fused-ring (bicyclic) bond motifs is 1. The predicted octanol–water partition coefficient (Wildman–Crippen LogP) is 2.32. The van der Waals surface area contributed by atoms with E-state index < -0.39 is 15.1 Å². The van der Waals surface area contributed by atoms with Crippen LogP contribution in [0.3, 0.4) is 0 Å². The van der Waals surface area contributed by atoms with Crippen LogP contribution < -0.4 is 0 Å². The molecule has 1 aromatic heterocycles. The van der Waals surface area contributed by atoms with Crippen LogP contribution in [0.5, 0.6) is 0 Å². The summed E-state index contributed by atoms with van der Waals surface area (Å²) >= 11 is 5.96. The minimum absolute atomic E-state index is 0.422. The Bertz CT molecular complexity index is 633. The zero-order chi connectivity index (χ0) is 11.9. The molecule has 0 radical (unpaired) electrons. The molecule has 1 aromatic carbocycles. The average Bonchev–Trinajstić information content (AvgIpc) is 2.60. The van der Waals surface area contributed by atoms with Crippen molar-refractivity contribution in [3.05, 3.63) is 29.0 Å². The first-order valence-corrected chi connectivity index (χ1v) is 7.06. The van der Waals surface area contributed by atoms with E-state index in [-0.39, 0.29) is 0 Å². The number of sulfone groups is 1. The van der Waals surface area contributed by atoms with Crippen molar-refractivity contribution in [2.45, 2.75) is 12.2 Å². The molecular weight excluding hydrogens is 248 g/mol. The average molecular weight is 259 g/mol. The summed E-state index contributed by atoms with van der Waals surface area (Å²) in [5.41, 5.74) is 1.35. The lowest BCUT2D eigenvalue weighted by atomic mass is 10.3. The van der Waals surface area contributed by atoms with Crippen LogP contribution in [-0.2, 0) is 9.84 Å². The Kier molecular flexibility index (Phi) is 2.67. The second kappa shape index (κ2) is 3.75. The molecule has 1 N–H and O–H groups in total. The van der Waals surface area contributed by atoms with Crippen LogP contribution in [0.2, 0.25) is 5.02 Å². The molecule has 86 valence electrons. The number of H-pyrrole nitrogens is 1. The maximum absolute atomic E-state index is 11.4. The highest BCUT2D eigenvalue weighted by atomic mass is 35.5. The summed E-state index contributed by atoms with van der Waals surface area (Å²) in [6, 6.07) is 5.32. The van der Waals surface area contributed by atoms with Gasteiger partial charge in [-0.3, -0.25) is 0 Å². The molecule has 1 atom stereocenters. The van der Waals surface area contributed by atoms with Crippen molar-refractivity contribution in [3.8, 4) is 0 Å². The van der Waals surface area contributed by atoms with Gasteiger partial charge in [0.1, 0.15) is 16.6 Å². The lowest BCUT2D eigenvalue weighted by Crippen LogP contribution is -2.09. The van der Waals surface area contributed by atoms with Crippen molar-refractivity contribution in [1.29, 1.82) is 0 Å². The van der Waals surface area contributed by atoms with E-state index in [2.05, 4.69) is 9.97 Å². The zero-order valence-corrected chi connectivity index (χ0v) is 10.4. The molecule has 1 unspecified atom stereocenters. The maximum Gasteiger partial charge on any atom is 0.157 e. The maximum atomic E-state index is 11.4. The topological polar surface area (TPSA) is 62.8 Å². The highest BCUT2D eigenvalue weighted by molar-refractivity contribution is 7.90. The van der Waals surface area contributed by atoms with Crippen LogP contribution in [0.25, 0.3) is 11.0 Å². The third kappa shape index (κ3) is 1.92. The minimum atomic E-state index is -3.15. The van der Waals surface area contributed by atoms with Gasteiger partial charge in [0.25, 0.3) is 0 Å². The molecule has 0 aliphatic carbocycles. The molecule has 0 saturated carbocycles. The monoisotopic (exact) mass is 258 g/mol. The van der Waals surface area contributed by atoms with Crippen LogP contribution in [-0.4, -0.2) is 24.6 Å². The SMILES string of the molecule is CC(c1nc2c(Cl)cccc2[nH]1)S(C)(=O)=O. The van der Waals surface area contributed by atoms with Crippen LogP contribution >= 0.6 is 11.6 Å². The zero-order valence-electron chi connectivity index (χ0n) is 8.86. The number of hydrogen-bond acceptors (Lipinski definition) is 3. The molecule has 0 amide bonds. The fourth-order valence-corrected chi connectivity index (χ4v) is 2.15. The molecule has 2 aromatic rings. The summed E-state index contributed by atoms with van der Waals surface area (Å²) in [5.74, 6) is 0.422. The number of hydrogen-bond donors (Lipinski definition) is 1. The number of aromatic amines is 1. The Labute approximate surface area is 98.6 Å². The van der Waals surface area contributed by atoms with E-state index in [1.54, 1.807) is 19.1 Å². The standard InChI is InChI=1S/C10H11ClN2O2S/c1-6(16(2,14)15)10-12-8-5-3-4-7(11)9(8)13-10/h3-6H,1-2H3,(H,12,13). The number of benzene rings is 1. The second-order valence-electron chi connectivity index (χ2n) is 3.73. The molecule has 1 heterocycles. The number of halogens is 1. The van der Waals surface area contributed by atoms with Gasteiger partial charge in [0, 0.05) is 6.26 Å². The van der Waals surface area contributed by atoms with Gasteiger partial charge in [-0.25, -0.2) is 13.4 Å². The third-order valence-electron chi connectivity index (χ3n) is 2.51. The highest BCUT2D eigenvalue weighted by Gasteiger charge is 2.21. The quantitative estimate of drug-likeness (QED) is 0.899. The Balaban J connectivity index is 2.60. The first-order valence-electron chi connectivity index (χ1n) is 4.72. The van der Waals surface area contributed by atoms with Crippen molar-refractivity contribution in [2.24, 2.45) is 0 Å². The van der Waals surface area contributed by atoms with Crippen molar-refractivity contribution >= 4 is 32.5 Å². The molecule has 0 bridgehead atoms. The number of aromatic nitrogens is 2. The summed E-state index contributed by atoms with van der Waals surface area (Å²) in [4.78, 5) is 7.18. The largest absolute Gasteiger partial charge is 0.341 e. The van der Waals surface area contributed by atoms with E-state index in [1.165, 1.54) is 6.26 Å². The second-order valence-corrected chi connectivity index (χ2v) is 6.50. The normalized spacial score (nSPS) is 14.2. The summed E-state index contributed by atoms with van der Waals surface area (Å²) < 4.78 is 22.8. The summed E-state index contributed by atoms with van der Waals surface area (Å²) in [6.45, 7) is 1.60. The smallest absolute Gasteiger partial charge is 0.157 e. The van der Waals surface area contributed by atoms with Crippen molar-refractivity contribution in [2.75, 3.05) is 6.26 Å². The molecule has 4 nitrogen and oxygen atoms in total. The number of para-hydroxylation sites is 1. The van der Waals surface area contributed by atoms with Crippen LogP contribution in [0.4, 0.5) is 0 Å². The van der Waals surface area contributed by atoms with E-state index in [0.717, 1.165) is 5.52 Å². The lowest BCUT2D eigenvalue weighted by Gasteiger charge is -2.04. The van der Waals surface area contributed by atoms with E-state index in [0.29, 0.717) is 16.4 Å². The van der Waals surface area contributed by atoms with E-state index in [9.17, 15) is 8.42 Å². The Morgan fingerprint density at radius 3 is 2.69 bits per heavy atom. The van der Waals surface area contributed by atoms with Gasteiger partial charge in [0.15, 0.2) is 9.84 Å². The molecule has 6 heteroatoms. The Morgan fingerprint density at radius 2 is 2.12 bits per heavy atom. The number of nitrogens with zero attached hydrogens (tertiary/aromatic N) is 1. The van der Waals surface area contributed by atoms with Gasteiger partial charge >= 0.3 is 0 Å². The van der Waals surface area contributed by atoms with Crippen LogP contribution in [0.1, 0.15) is 18.0 Å². The van der Waals surface area contributed by atoms with Gasteiger partial charge in [-0.05, 0) is 19.1 Å². The molecule has 0 aliphatic rings. The van der Waals surface area contributed by atoms with Gasteiger partial charge in [-0.15, -0.1) is 0 Å². The number of rotatable bonds is 2. The lowest BCUT2D eigenvalue weighted by molar-refractivity contribution is 0.590. The predicted molar refractivity (Wildman–Crippen MR) is 64.4 cm³/mol. The number of imidazole rings is 1. The van der Waals surface area contributed by atoms with Crippen molar-refractivity contribution in [1.82, 2.24) is 9.97 Å². The molecule has 2 rings (SSSR count). The van der Waals surface area contributed by atoms with E-state index in [4.69, 9.17) is 11.6 Å². The fourth-order valence-electron chi connectivity index (χ4n) is 1.41. The minimum Gasteiger partial charge on any atom is -0.341 e. The van der Waals surface area contributed by atoms with Gasteiger partial charge in [-0.1, -0.05) is 17.7 Å². The van der Waals surface area contributed by atoms with Crippen LogP contribution in [0, 0.1) is 0 Å². The summed E-state index contributed by atoms with van der Waals surface area (Å²) in [7, 11) is -3.15. The molecule has 0 spiro atoms. The third-order valence-corrected chi connectivity index (χ3v) is 4.32. The summed E-state index contributed by atoms with van der Waals surface area (Å²) in [5, 5.41) is -0.142.